The molecule has 23 heavy (non-hydrogen) atoms. The number of carbonyl (C=O) groups excluding carboxylic acids is 1. The van der Waals surface area contributed by atoms with Gasteiger partial charge in [-0.2, -0.15) is 0 Å². The summed E-state index contributed by atoms with van der Waals surface area (Å²) in [7, 11) is 4.00. The number of carboxylic acids is 1. The highest BCUT2D eigenvalue weighted by Gasteiger charge is 1.94. The lowest BCUT2D eigenvalue weighted by Crippen LogP contribution is -3.00. The summed E-state index contributed by atoms with van der Waals surface area (Å²) in [6.45, 7) is 10.0. The van der Waals surface area contributed by atoms with E-state index in [-0.39, 0.29) is 12.4 Å². The summed E-state index contributed by atoms with van der Waals surface area (Å²) in [6.07, 6.45) is 15.8. The third-order valence-electron chi connectivity index (χ3n) is 2.33. The van der Waals surface area contributed by atoms with E-state index < -0.39 is 5.97 Å². The third kappa shape index (κ3) is 13.1. The number of nitrogens with zero attached hydrogens (tertiary/aromatic N) is 4. The zero-order valence-corrected chi connectivity index (χ0v) is 14.7. The highest BCUT2D eigenvalue weighted by atomic mass is 35.5. The van der Waals surface area contributed by atoms with E-state index in [0.717, 1.165) is 20.0 Å². The average molecular weight is 341 g/mol. The number of aryl methyl sites for hydroxylation is 2. The van der Waals surface area contributed by atoms with E-state index in [1.807, 2.05) is 72.8 Å². The molecule has 0 saturated heterocycles. The summed E-state index contributed by atoms with van der Waals surface area (Å²) in [5, 5.41) is 8.89. The first-order chi connectivity index (χ1) is 10.4. The fourth-order valence-corrected chi connectivity index (χ4v) is 1.52. The molecule has 0 amide bonds. The molecular formula is C16H25ClN4O2. The minimum atomic E-state index is -1.08. The number of hydrogen-bond donors (Lipinski definition) is 0. The van der Waals surface area contributed by atoms with Gasteiger partial charge in [0.15, 0.2) is 0 Å². The van der Waals surface area contributed by atoms with Crippen molar-refractivity contribution in [3.63, 3.8) is 0 Å². The van der Waals surface area contributed by atoms with E-state index in [0.29, 0.717) is 0 Å². The highest BCUT2D eigenvalue weighted by molar-refractivity contribution is 5.60. The molecule has 0 N–H and O–H groups in total. The van der Waals surface area contributed by atoms with Crippen molar-refractivity contribution in [3.05, 3.63) is 62.8 Å². The second-order valence-electron chi connectivity index (χ2n) is 4.62. The zero-order valence-electron chi connectivity index (χ0n) is 13.9. The highest BCUT2D eigenvalue weighted by Crippen LogP contribution is 1.82. The van der Waals surface area contributed by atoms with E-state index in [1.54, 1.807) is 0 Å². The lowest BCUT2D eigenvalue weighted by molar-refractivity contribution is -0.671. The van der Waals surface area contributed by atoms with Crippen LogP contribution in [0, 0.1) is 0 Å². The molecular weight excluding hydrogens is 316 g/mol. The quantitative estimate of drug-likeness (QED) is 0.434. The normalized spacial score (nSPS) is 8.48. The van der Waals surface area contributed by atoms with Crippen LogP contribution < -0.4 is 26.6 Å². The van der Waals surface area contributed by atoms with Crippen LogP contribution in [0.1, 0.15) is 6.92 Å². The second-order valence-corrected chi connectivity index (χ2v) is 4.62. The van der Waals surface area contributed by atoms with Crippen LogP contribution >= 0.6 is 0 Å². The molecule has 0 aliphatic carbocycles. The number of imidazole rings is 2. The van der Waals surface area contributed by atoms with Crippen LogP contribution in [-0.2, 0) is 32.0 Å². The Balaban J connectivity index is 0. The van der Waals surface area contributed by atoms with Gasteiger partial charge in [-0.05, 0) is 6.92 Å². The number of carbonyl (C=O) groups is 1. The molecule has 6 nitrogen and oxygen atoms in total. The van der Waals surface area contributed by atoms with Crippen LogP contribution in [0.2, 0.25) is 0 Å². The van der Waals surface area contributed by atoms with Gasteiger partial charge in [0.25, 0.3) is 0 Å². The van der Waals surface area contributed by atoms with Crippen molar-refractivity contribution in [2.45, 2.75) is 20.0 Å². The number of rotatable bonds is 4. The summed E-state index contributed by atoms with van der Waals surface area (Å²) in [5.41, 5.74) is 0. The van der Waals surface area contributed by atoms with Gasteiger partial charge in [-0.25, -0.2) is 18.3 Å². The molecule has 0 spiro atoms. The summed E-state index contributed by atoms with van der Waals surface area (Å²) < 4.78 is 8.13. The SMILES string of the molecule is C=CCn1cc[n+](C)c1.C=CCn1cc[n+](C)c1.CC(=O)[O-].[Cl-]. The van der Waals surface area contributed by atoms with Gasteiger partial charge < -0.3 is 22.3 Å². The Morgan fingerprint density at radius 3 is 1.52 bits per heavy atom. The summed E-state index contributed by atoms with van der Waals surface area (Å²) in [5.74, 6) is -1.08. The molecule has 2 heterocycles. The first-order valence-electron chi connectivity index (χ1n) is 6.80. The second kappa shape index (κ2) is 13.3. The minimum Gasteiger partial charge on any atom is -1.00 e. The van der Waals surface area contributed by atoms with E-state index in [9.17, 15) is 0 Å². The molecule has 128 valence electrons. The third-order valence-corrected chi connectivity index (χ3v) is 2.33. The van der Waals surface area contributed by atoms with Gasteiger partial charge in [-0.3, -0.25) is 0 Å². The Kier molecular flexibility index (Phi) is 13.3. The van der Waals surface area contributed by atoms with Gasteiger partial charge >= 0.3 is 0 Å². The van der Waals surface area contributed by atoms with Crippen molar-refractivity contribution in [1.29, 1.82) is 0 Å². The molecule has 0 aromatic carbocycles. The van der Waals surface area contributed by atoms with Crippen LogP contribution in [0.25, 0.3) is 0 Å². The zero-order chi connectivity index (χ0) is 17.0. The van der Waals surface area contributed by atoms with Crippen LogP contribution in [0.5, 0.6) is 0 Å². The predicted octanol–water partition coefficient (Wildman–Crippen LogP) is -3.24. The van der Waals surface area contributed by atoms with E-state index in [1.165, 1.54) is 0 Å². The summed E-state index contributed by atoms with van der Waals surface area (Å²) in [4.78, 5) is 8.89. The van der Waals surface area contributed by atoms with Crippen molar-refractivity contribution in [2.75, 3.05) is 0 Å². The van der Waals surface area contributed by atoms with Gasteiger partial charge in [0.05, 0.1) is 14.1 Å². The Morgan fingerprint density at radius 1 is 1.04 bits per heavy atom. The molecule has 7 heteroatoms. The maximum Gasteiger partial charge on any atom is 0.243 e. The van der Waals surface area contributed by atoms with Gasteiger partial charge in [0.1, 0.15) is 37.9 Å². The fourth-order valence-electron chi connectivity index (χ4n) is 1.52. The molecule has 0 atom stereocenters. The number of aromatic nitrogens is 4. The average Bonchev–Trinajstić information content (AvgIpc) is 3.00. The van der Waals surface area contributed by atoms with Crippen molar-refractivity contribution >= 4 is 5.97 Å². The van der Waals surface area contributed by atoms with Crippen LogP contribution in [0.4, 0.5) is 0 Å². The Hall–Kier alpha value is -2.34. The Bertz CT molecular complexity index is 540. The molecule has 0 aliphatic rings. The molecule has 0 unspecified atom stereocenters. The van der Waals surface area contributed by atoms with E-state index >= 15 is 0 Å². The van der Waals surface area contributed by atoms with Crippen molar-refractivity contribution in [1.82, 2.24) is 9.13 Å². The molecule has 2 aromatic heterocycles. The van der Waals surface area contributed by atoms with Crippen molar-refractivity contribution in [2.24, 2.45) is 14.1 Å². The number of aliphatic carboxylic acids is 1. The maximum absolute atomic E-state index is 8.89. The van der Waals surface area contributed by atoms with Gasteiger partial charge in [-0.15, -0.1) is 0 Å². The first-order valence-corrected chi connectivity index (χ1v) is 6.80. The number of halogens is 1. The van der Waals surface area contributed by atoms with Crippen molar-refractivity contribution in [3.8, 4) is 0 Å². The first kappa shape index (κ1) is 22.9. The number of allylic oxidation sites excluding steroid dienone is 2. The lowest BCUT2D eigenvalue weighted by atomic mass is 10.6. The molecule has 0 aliphatic heterocycles. The summed E-state index contributed by atoms with van der Waals surface area (Å²) in [6, 6.07) is 0. The number of hydrogen-bond acceptors (Lipinski definition) is 2. The minimum absolute atomic E-state index is 0. The van der Waals surface area contributed by atoms with E-state index in [4.69, 9.17) is 9.90 Å². The maximum atomic E-state index is 8.89. The largest absolute Gasteiger partial charge is 1.00 e. The topological polar surface area (TPSA) is 57.8 Å². The fraction of sp³-hybridized carbons (Fsp3) is 0.312. The molecule has 2 aromatic rings. The molecule has 0 fully saturated rings. The van der Waals surface area contributed by atoms with Gasteiger partial charge in [-0.1, -0.05) is 25.3 Å². The monoisotopic (exact) mass is 340 g/mol. The Labute approximate surface area is 144 Å². The molecule has 0 bridgehead atoms. The van der Waals surface area contributed by atoms with Crippen LogP contribution in [-0.4, -0.2) is 15.1 Å². The van der Waals surface area contributed by atoms with Crippen LogP contribution in [0.15, 0.2) is 62.8 Å². The standard InChI is InChI=1S/2C7H11N2.C2H4O2.ClH/c2*1-3-4-9-6-5-8(2)7-9;1-2(3)4;/h2*3,5-7H,1,4H2,2H3;1H3,(H,3,4);1H/q2*+1;;/p-2. The van der Waals surface area contributed by atoms with E-state index in [2.05, 4.69) is 22.3 Å². The molecule has 2 rings (SSSR count). The molecule has 0 radical (unpaired) electrons. The lowest BCUT2D eigenvalue weighted by Gasteiger charge is -1.83. The van der Waals surface area contributed by atoms with Gasteiger partial charge in [0, 0.05) is 5.97 Å². The Morgan fingerprint density at radius 2 is 1.35 bits per heavy atom. The smallest absolute Gasteiger partial charge is 0.243 e. The predicted molar refractivity (Wildman–Crippen MR) is 82.3 cm³/mol. The van der Waals surface area contributed by atoms with Crippen molar-refractivity contribution < 1.29 is 31.4 Å². The summed E-state index contributed by atoms with van der Waals surface area (Å²) >= 11 is 0. The van der Waals surface area contributed by atoms with Crippen LogP contribution in [0.3, 0.4) is 0 Å². The number of carboxylic acid groups (broad SMARTS) is 1. The molecule has 0 saturated carbocycles. The van der Waals surface area contributed by atoms with Gasteiger partial charge in [0.2, 0.25) is 12.7 Å².